The number of halogens is 1. The first kappa shape index (κ1) is 16.4. The van der Waals surface area contributed by atoms with E-state index < -0.39 is 11.9 Å². The van der Waals surface area contributed by atoms with Crippen molar-refractivity contribution >= 4 is 33.9 Å². The molecule has 1 aromatic carbocycles. The molecule has 0 atom stereocenters. The van der Waals surface area contributed by atoms with E-state index in [9.17, 15) is 9.59 Å². The van der Waals surface area contributed by atoms with Gasteiger partial charge in [-0.3, -0.25) is 0 Å². The van der Waals surface area contributed by atoms with Crippen molar-refractivity contribution in [2.45, 2.75) is 19.8 Å². The molecule has 0 saturated heterocycles. The maximum atomic E-state index is 11.9. The number of carboxylic acid groups (broad SMARTS) is 1. The highest BCUT2D eigenvalue weighted by molar-refractivity contribution is 9.09. The van der Waals surface area contributed by atoms with Gasteiger partial charge in [-0.05, 0) is 43.0 Å². The minimum absolute atomic E-state index is 0.284. The third-order valence-corrected chi connectivity index (χ3v) is 3.18. The fourth-order valence-electron chi connectivity index (χ4n) is 1.72. The zero-order valence-electron chi connectivity index (χ0n) is 11.3. The number of esters is 1. The summed E-state index contributed by atoms with van der Waals surface area (Å²) in [5.41, 5.74) is 1.98. The molecule has 0 unspecified atom stereocenters. The summed E-state index contributed by atoms with van der Waals surface area (Å²) in [6.45, 7) is 2.02. The smallest absolute Gasteiger partial charge is 0.338 e. The third-order valence-electron chi connectivity index (χ3n) is 2.62. The Morgan fingerprint density at radius 2 is 2.15 bits per heavy atom. The van der Waals surface area contributed by atoms with E-state index in [4.69, 9.17) is 9.84 Å². The van der Waals surface area contributed by atoms with Crippen LogP contribution in [0.3, 0.4) is 0 Å². The van der Waals surface area contributed by atoms with E-state index in [-0.39, 0.29) is 6.61 Å². The number of carbonyl (C=O) groups is 2. The number of alkyl halides is 1. The molecule has 0 heterocycles. The highest BCUT2D eigenvalue weighted by Crippen LogP contribution is 2.17. The van der Waals surface area contributed by atoms with Crippen molar-refractivity contribution in [3.8, 4) is 0 Å². The maximum Gasteiger partial charge on any atom is 0.338 e. The van der Waals surface area contributed by atoms with Crippen molar-refractivity contribution in [3.63, 3.8) is 0 Å². The number of hydrogen-bond acceptors (Lipinski definition) is 3. The zero-order valence-corrected chi connectivity index (χ0v) is 12.9. The third kappa shape index (κ3) is 5.17. The average Bonchev–Trinajstić information content (AvgIpc) is 2.43. The van der Waals surface area contributed by atoms with E-state index in [0.29, 0.717) is 11.1 Å². The summed E-state index contributed by atoms with van der Waals surface area (Å²) in [6.07, 6.45) is 4.23. The summed E-state index contributed by atoms with van der Waals surface area (Å²) in [5, 5.41) is 9.56. The minimum atomic E-state index is -1.05. The van der Waals surface area contributed by atoms with Gasteiger partial charge in [0.05, 0.1) is 12.2 Å². The maximum absolute atomic E-state index is 11.9. The van der Waals surface area contributed by atoms with Crippen LogP contribution in [0.5, 0.6) is 0 Å². The molecule has 5 heteroatoms. The van der Waals surface area contributed by atoms with Crippen molar-refractivity contribution in [3.05, 3.63) is 41.0 Å². The molecule has 0 aromatic heterocycles. The largest absolute Gasteiger partial charge is 0.478 e. The predicted octanol–water partition coefficient (Wildman–Crippen LogP) is 3.29. The molecule has 0 spiro atoms. The first-order chi connectivity index (χ1) is 9.58. The van der Waals surface area contributed by atoms with E-state index in [1.807, 2.05) is 6.07 Å². The lowest BCUT2D eigenvalue weighted by molar-refractivity contribution is -0.131. The van der Waals surface area contributed by atoms with Crippen molar-refractivity contribution in [1.82, 2.24) is 0 Å². The van der Waals surface area contributed by atoms with Gasteiger partial charge in [-0.25, -0.2) is 9.59 Å². The molecule has 1 rings (SSSR count). The number of rotatable bonds is 7. The quantitative estimate of drug-likeness (QED) is 0.470. The zero-order chi connectivity index (χ0) is 15.0. The van der Waals surface area contributed by atoms with Crippen LogP contribution < -0.4 is 0 Å². The molecule has 0 bridgehead atoms. The second-order valence-electron chi connectivity index (χ2n) is 4.11. The number of hydrogen-bond donors (Lipinski definition) is 1. The van der Waals surface area contributed by atoms with Crippen LogP contribution >= 0.6 is 15.9 Å². The van der Waals surface area contributed by atoms with Crippen LogP contribution in [-0.4, -0.2) is 29.0 Å². The van der Waals surface area contributed by atoms with E-state index in [1.54, 1.807) is 19.1 Å². The molecule has 4 nitrogen and oxygen atoms in total. The highest BCUT2D eigenvalue weighted by Gasteiger charge is 2.12. The lowest BCUT2D eigenvalue weighted by Crippen LogP contribution is -2.07. The van der Waals surface area contributed by atoms with Gasteiger partial charge in [-0.2, -0.15) is 0 Å². The standard InChI is InChI=1S/C15H17BrO4/c1-2-20-15(19)13-10-11(4-3-9-16)5-6-12(13)7-8-14(17)18/h5-8,10H,2-4,9H2,1H3,(H,17,18)/b8-7+. The fourth-order valence-corrected chi connectivity index (χ4v) is 2.00. The number of aryl methyl sites for hydroxylation is 1. The molecule has 0 saturated carbocycles. The van der Waals surface area contributed by atoms with E-state index in [2.05, 4.69) is 15.9 Å². The van der Waals surface area contributed by atoms with Gasteiger partial charge in [0.25, 0.3) is 0 Å². The normalized spacial score (nSPS) is 10.7. The molecule has 0 amide bonds. The molecule has 108 valence electrons. The highest BCUT2D eigenvalue weighted by atomic mass is 79.9. The summed E-state index contributed by atoms with van der Waals surface area (Å²) in [5.74, 6) is -1.48. The van der Waals surface area contributed by atoms with Crippen molar-refractivity contribution in [1.29, 1.82) is 0 Å². The molecule has 0 aliphatic heterocycles. The molecule has 0 radical (unpaired) electrons. The van der Waals surface area contributed by atoms with Gasteiger partial charge in [-0.1, -0.05) is 28.1 Å². The Morgan fingerprint density at radius 3 is 2.75 bits per heavy atom. The Balaban J connectivity index is 3.08. The van der Waals surface area contributed by atoms with Crippen LogP contribution in [0.15, 0.2) is 24.3 Å². The van der Waals surface area contributed by atoms with Gasteiger partial charge in [0, 0.05) is 11.4 Å². The molecule has 1 N–H and O–H groups in total. The Hall–Kier alpha value is -1.62. The molecule has 0 aliphatic rings. The summed E-state index contributed by atoms with van der Waals surface area (Å²) in [6, 6.07) is 5.41. The lowest BCUT2D eigenvalue weighted by atomic mass is 10.0. The Labute approximate surface area is 126 Å². The number of ether oxygens (including phenoxy) is 1. The van der Waals surface area contributed by atoms with Gasteiger partial charge in [0.1, 0.15) is 0 Å². The van der Waals surface area contributed by atoms with Crippen molar-refractivity contribution < 1.29 is 19.4 Å². The number of carboxylic acids is 1. The summed E-state index contributed by atoms with van der Waals surface area (Å²) >= 11 is 3.37. The molecule has 0 fully saturated rings. The van der Waals surface area contributed by atoms with Crippen LogP contribution in [-0.2, 0) is 16.0 Å². The van der Waals surface area contributed by atoms with E-state index >= 15 is 0 Å². The van der Waals surface area contributed by atoms with Crippen molar-refractivity contribution in [2.75, 3.05) is 11.9 Å². The van der Waals surface area contributed by atoms with Crippen molar-refractivity contribution in [2.24, 2.45) is 0 Å². The average molecular weight is 341 g/mol. The van der Waals surface area contributed by atoms with Crippen LogP contribution in [0.1, 0.15) is 34.8 Å². The molecule has 1 aromatic rings. The topological polar surface area (TPSA) is 63.6 Å². The van der Waals surface area contributed by atoms with Crippen LogP contribution in [0.4, 0.5) is 0 Å². The lowest BCUT2D eigenvalue weighted by Gasteiger charge is -2.08. The molecule has 0 aliphatic carbocycles. The summed E-state index contributed by atoms with van der Waals surface area (Å²) < 4.78 is 5.01. The first-order valence-corrected chi connectivity index (χ1v) is 7.47. The number of aliphatic carboxylic acids is 1. The fraction of sp³-hybridized carbons (Fsp3) is 0.333. The second kappa shape index (κ2) is 8.53. The minimum Gasteiger partial charge on any atom is -0.478 e. The van der Waals surface area contributed by atoms with Crippen LogP contribution in [0.2, 0.25) is 0 Å². The Bertz CT molecular complexity index is 509. The second-order valence-corrected chi connectivity index (χ2v) is 4.90. The molecule has 20 heavy (non-hydrogen) atoms. The summed E-state index contributed by atoms with van der Waals surface area (Å²) in [4.78, 5) is 22.5. The van der Waals surface area contributed by atoms with Gasteiger partial charge < -0.3 is 9.84 Å². The molecular weight excluding hydrogens is 324 g/mol. The van der Waals surface area contributed by atoms with Gasteiger partial charge >= 0.3 is 11.9 Å². The molecular formula is C15H17BrO4. The van der Waals surface area contributed by atoms with Crippen LogP contribution in [0.25, 0.3) is 6.08 Å². The van der Waals surface area contributed by atoms with E-state index in [0.717, 1.165) is 29.8 Å². The van der Waals surface area contributed by atoms with E-state index in [1.165, 1.54) is 6.08 Å². The van der Waals surface area contributed by atoms with Gasteiger partial charge in [0.2, 0.25) is 0 Å². The summed E-state index contributed by atoms with van der Waals surface area (Å²) in [7, 11) is 0. The Morgan fingerprint density at radius 1 is 1.40 bits per heavy atom. The van der Waals surface area contributed by atoms with Gasteiger partial charge in [0.15, 0.2) is 0 Å². The first-order valence-electron chi connectivity index (χ1n) is 6.35. The van der Waals surface area contributed by atoms with Gasteiger partial charge in [-0.15, -0.1) is 0 Å². The predicted molar refractivity (Wildman–Crippen MR) is 81.2 cm³/mol. The number of carbonyl (C=O) groups excluding carboxylic acids is 1. The SMILES string of the molecule is CCOC(=O)c1cc(CCCBr)ccc1/C=C/C(=O)O. The number of benzene rings is 1. The van der Waals surface area contributed by atoms with Crippen LogP contribution in [0, 0.1) is 0 Å². The Kier molecular flexibility index (Phi) is 7.01. The monoisotopic (exact) mass is 340 g/mol.